The second-order valence-corrected chi connectivity index (χ2v) is 5.81. The molecule has 0 aliphatic rings. The summed E-state index contributed by atoms with van der Waals surface area (Å²) in [5, 5.41) is 14.5. The number of hydrazone groups is 1. The summed E-state index contributed by atoms with van der Waals surface area (Å²) in [5.74, 6) is 0.669. The second kappa shape index (κ2) is 9.31. The maximum absolute atomic E-state index is 11.7. The molecular formula is C19H21N3O4. The monoisotopic (exact) mass is 355 g/mol. The SMILES string of the molecule is CC[C@H](C)c1ccc(OCC(=O)N/N=C\c2cccc([N+](=O)[O-])c2)cc1. The standard InChI is InChI=1S/C19H21N3O4/c1-3-14(2)16-7-9-18(10-8-16)26-13-19(23)21-20-12-15-5-4-6-17(11-15)22(24)25/h4-12,14H,3,13H2,1-2H3,(H,21,23)/b20-12-/t14-/m0/s1. The van der Waals surface area contributed by atoms with E-state index in [2.05, 4.69) is 24.4 Å². The predicted molar refractivity (Wildman–Crippen MR) is 99.5 cm³/mol. The molecule has 7 nitrogen and oxygen atoms in total. The van der Waals surface area contributed by atoms with Gasteiger partial charge in [0.25, 0.3) is 11.6 Å². The van der Waals surface area contributed by atoms with Crippen LogP contribution in [0, 0.1) is 10.1 Å². The van der Waals surface area contributed by atoms with Gasteiger partial charge in [0.2, 0.25) is 0 Å². The van der Waals surface area contributed by atoms with Crippen LogP contribution in [-0.4, -0.2) is 23.7 Å². The predicted octanol–water partition coefficient (Wildman–Crippen LogP) is 3.64. The van der Waals surface area contributed by atoms with Crippen molar-refractivity contribution in [2.45, 2.75) is 26.2 Å². The summed E-state index contributed by atoms with van der Waals surface area (Å²) >= 11 is 0. The van der Waals surface area contributed by atoms with Gasteiger partial charge in [-0.25, -0.2) is 5.43 Å². The highest BCUT2D eigenvalue weighted by molar-refractivity contribution is 5.83. The number of benzene rings is 2. The van der Waals surface area contributed by atoms with E-state index in [1.54, 1.807) is 12.1 Å². The average Bonchev–Trinajstić information content (AvgIpc) is 2.66. The van der Waals surface area contributed by atoms with Gasteiger partial charge in [-0.1, -0.05) is 38.1 Å². The van der Waals surface area contributed by atoms with Crippen molar-refractivity contribution >= 4 is 17.8 Å². The highest BCUT2D eigenvalue weighted by atomic mass is 16.6. The number of nitrogens with one attached hydrogen (secondary N) is 1. The first kappa shape index (κ1) is 19.1. The van der Waals surface area contributed by atoms with Crippen molar-refractivity contribution in [3.8, 4) is 5.75 Å². The van der Waals surface area contributed by atoms with Crippen LogP contribution >= 0.6 is 0 Å². The van der Waals surface area contributed by atoms with Crippen LogP contribution in [0.2, 0.25) is 0 Å². The van der Waals surface area contributed by atoms with E-state index in [0.717, 1.165) is 6.42 Å². The first-order chi connectivity index (χ1) is 12.5. The summed E-state index contributed by atoms with van der Waals surface area (Å²) in [6.45, 7) is 4.12. The number of hydrogen-bond acceptors (Lipinski definition) is 5. The quantitative estimate of drug-likeness (QED) is 0.444. The third kappa shape index (κ3) is 5.70. The zero-order valence-corrected chi connectivity index (χ0v) is 14.7. The van der Waals surface area contributed by atoms with E-state index in [1.165, 1.54) is 23.9 Å². The zero-order chi connectivity index (χ0) is 18.9. The van der Waals surface area contributed by atoms with Crippen LogP contribution in [0.3, 0.4) is 0 Å². The van der Waals surface area contributed by atoms with E-state index in [0.29, 0.717) is 17.2 Å². The lowest BCUT2D eigenvalue weighted by Crippen LogP contribution is -2.24. The second-order valence-electron chi connectivity index (χ2n) is 5.81. The molecule has 0 fully saturated rings. The highest BCUT2D eigenvalue weighted by Crippen LogP contribution is 2.21. The molecule has 0 spiro atoms. The van der Waals surface area contributed by atoms with Crippen molar-refractivity contribution in [2.24, 2.45) is 5.10 Å². The van der Waals surface area contributed by atoms with Gasteiger partial charge in [0.05, 0.1) is 11.1 Å². The van der Waals surface area contributed by atoms with Crippen molar-refractivity contribution in [1.29, 1.82) is 0 Å². The van der Waals surface area contributed by atoms with Gasteiger partial charge in [0.1, 0.15) is 5.75 Å². The summed E-state index contributed by atoms with van der Waals surface area (Å²) in [7, 11) is 0. The molecule has 0 heterocycles. The zero-order valence-electron chi connectivity index (χ0n) is 14.7. The van der Waals surface area contributed by atoms with Crippen LogP contribution < -0.4 is 10.2 Å². The van der Waals surface area contributed by atoms with Crippen molar-refractivity contribution in [1.82, 2.24) is 5.43 Å². The molecule has 2 aromatic rings. The first-order valence-electron chi connectivity index (χ1n) is 8.28. The van der Waals surface area contributed by atoms with E-state index >= 15 is 0 Å². The highest BCUT2D eigenvalue weighted by Gasteiger charge is 2.06. The van der Waals surface area contributed by atoms with Crippen molar-refractivity contribution in [3.63, 3.8) is 0 Å². The van der Waals surface area contributed by atoms with E-state index in [1.807, 2.05) is 24.3 Å². The van der Waals surface area contributed by atoms with Gasteiger partial charge >= 0.3 is 0 Å². The maximum atomic E-state index is 11.7. The van der Waals surface area contributed by atoms with Gasteiger partial charge in [0, 0.05) is 17.7 Å². The Labute approximate surface area is 151 Å². The summed E-state index contributed by atoms with van der Waals surface area (Å²) in [6.07, 6.45) is 2.40. The Morgan fingerprint density at radius 1 is 1.31 bits per heavy atom. The molecule has 0 bridgehead atoms. The minimum absolute atomic E-state index is 0.0375. The molecule has 26 heavy (non-hydrogen) atoms. The third-order valence-electron chi connectivity index (χ3n) is 3.92. The fourth-order valence-corrected chi connectivity index (χ4v) is 2.21. The Morgan fingerprint density at radius 3 is 2.69 bits per heavy atom. The van der Waals surface area contributed by atoms with Gasteiger partial charge in [-0.2, -0.15) is 5.10 Å². The molecule has 2 aromatic carbocycles. The lowest BCUT2D eigenvalue weighted by molar-refractivity contribution is -0.384. The molecule has 0 saturated carbocycles. The summed E-state index contributed by atoms with van der Waals surface area (Å²) in [6, 6.07) is 13.6. The van der Waals surface area contributed by atoms with Gasteiger partial charge in [-0.3, -0.25) is 14.9 Å². The van der Waals surface area contributed by atoms with Crippen LogP contribution in [0.1, 0.15) is 37.3 Å². The molecule has 7 heteroatoms. The number of amides is 1. The van der Waals surface area contributed by atoms with Crippen LogP contribution in [0.25, 0.3) is 0 Å². The lowest BCUT2D eigenvalue weighted by Gasteiger charge is -2.10. The molecule has 0 aliphatic heterocycles. The number of nitro benzene ring substituents is 1. The third-order valence-corrected chi connectivity index (χ3v) is 3.92. The number of non-ortho nitro benzene ring substituents is 1. The smallest absolute Gasteiger partial charge is 0.277 e. The first-order valence-corrected chi connectivity index (χ1v) is 8.28. The van der Waals surface area contributed by atoms with E-state index in [4.69, 9.17) is 4.74 Å². The van der Waals surface area contributed by atoms with Crippen LogP contribution in [-0.2, 0) is 4.79 Å². The molecule has 0 aliphatic carbocycles. The van der Waals surface area contributed by atoms with E-state index in [-0.39, 0.29) is 12.3 Å². The number of hydrogen-bond donors (Lipinski definition) is 1. The average molecular weight is 355 g/mol. The van der Waals surface area contributed by atoms with Crippen molar-refractivity contribution in [2.75, 3.05) is 6.61 Å². The molecule has 1 amide bonds. The van der Waals surface area contributed by atoms with Crippen LogP contribution in [0.4, 0.5) is 5.69 Å². The molecular weight excluding hydrogens is 334 g/mol. The van der Waals surface area contributed by atoms with Crippen LogP contribution in [0.5, 0.6) is 5.75 Å². The van der Waals surface area contributed by atoms with Gasteiger partial charge < -0.3 is 4.74 Å². The van der Waals surface area contributed by atoms with Gasteiger partial charge in [0.15, 0.2) is 6.61 Å². The fourth-order valence-electron chi connectivity index (χ4n) is 2.21. The van der Waals surface area contributed by atoms with E-state index in [9.17, 15) is 14.9 Å². The molecule has 1 N–H and O–H groups in total. The molecule has 1 atom stereocenters. The molecule has 0 radical (unpaired) electrons. The normalized spacial score (nSPS) is 11.9. The topological polar surface area (TPSA) is 93.8 Å². The number of carbonyl (C=O) groups is 1. The molecule has 2 rings (SSSR count). The summed E-state index contributed by atoms with van der Waals surface area (Å²) < 4.78 is 5.41. The Balaban J connectivity index is 1.82. The van der Waals surface area contributed by atoms with Crippen molar-refractivity contribution < 1.29 is 14.5 Å². The maximum Gasteiger partial charge on any atom is 0.277 e. The lowest BCUT2D eigenvalue weighted by atomic mass is 9.99. The largest absolute Gasteiger partial charge is 0.484 e. The van der Waals surface area contributed by atoms with E-state index < -0.39 is 10.8 Å². The molecule has 136 valence electrons. The fraction of sp³-hybridized carbons (Fsp3) is 0.263. The number of rotatable bonds is 8. The summed E-state index contributed by atoms with van der Waals surface area (Å²) in [4.78, 5) is 22.0. The number of nitro groups is 1. The molecule has 0 aromatic heterocycles. The van der Waals surface area contributed by atoms with Crippen LogP contribution in [0.15, 0.2) is 53.6 Å². The minimum Gasteiger partial charge on any atom is -0.484 e. The van der Waals surface area contributed by atoms with Gasteiger partial charge in [-0.05, 0) is 30.0 Å². The Kier molecular flexibility index (Phi) is 6.84. The molecule has 0 saturated heterocycles. The number of nitrogens with zero attached hydrogens (tertiary/aromatic N) is 2. The Morgan fingerprint density at radius 2 is 2.04 bits per heavy atom. The van der Waals surface area contributed by atoms with Gasteiger partial charge in [-0.15, -0.1) is 0 Å². The Bertz CT molecular complexity index is 788. The number of ether oxygens (including phenoxy) is 1. The summed E-state index contributed by atoms with van der Waals surface area (Å²) in [5.41, 5.74) is 4.03. The van der Waals surface area contributed by atoms with Crippen molar-refractivity contribution in [3.05, 3.63) is 69.8 Å². The Hall–Kier alpha value is -3.22. The minimum atomic E-state index is -0.490. The number of carbonyl (C=O) groups excluding carboxylic acids is 1. The molecule has 0 unspecified atom stereocenters.